The molecular weight excluding hydrogens is 536 g/mol. The van der Waals surface area contributed by atoms with E-state index in [1.165, 1.54) is 11.1 Å². The van der Waals surface area contributed by atoms with Crippen LogP contribution in [-0.4, -0.2) is 30.6 Å². The molecule has 2 aromatic carbocycles. The summed E-state index contributed by atoms with van der Waals surface area (Å²) in [4.78, 5) is 28.8. The number of cyclic esters (lactones) is 1. The summed E-state index contributed by atoms with van der Waals surface area (Å²) >= 11 is 0. The number of fused-ring (bicyclic) bond motifs is 4. The Morgan fingerprint density at radius 2 is 1.74 bits per heavy atom. The average molecular weight is 583 g/mol. The van der Waals surface area contributed by atoms with Crippen molar-refractivity contribution in [3.63, 3.8) is 0 Å². The van der Waals surface area contributed by atoms with Crippen molar-refractivity contribution >= 4 is 11.8 Å². The minimum Gasteiger partial charge on any atom is -0.462 e. The van der Waals surface area contributed by atoms with E-state index in [0.717, 1.165) is 30.4 Å². The number of hydrogen-bond acceptors (Lipinski definition) is 5. The maximum absolute atomic E-state index is 15.0. The van der Waals surface area contributed by atoms with Crippen molar-refractivity contribution in [1.82, 2.24) is 0 Å². The molecule has 5 heteroatoms. The molecule has 0 amide bonds. The van der Waals surface area contributed by atoms with Gasteiger partial charge in [-0.1, -0.05) is 97.8 Å². The Balaban J connectivity index is 1.34. The van der Waals surface area contributed by atoms with E-state index in [1.54, 1.807) is 0 Å². The maximum atomic E-state index is 15.0. The van der Waals surface area contributed by atoms with Crippen molar-refractivity contribution < 1.29 is 23.8 Å². The number of carbonyl (C=O) groups excluding carboxylic acids is 2. The van der Waals surface area contributed by atoms with E-state index in [4.69, 9.17) is 14.2 Å². The highest BCUT2D eigenvalue weighted by Crippen LogP contribution is 2.73. The summed E-state index contributed by atoms with van der Waals surface area (Å²) in [7, 11) is 0. The molecule has 43 heavy (non-hydrogen) atoms. The molecule has 2 unspecified atom stereocenters. The Bertz CT molecular complexity index is 1410. The lowest BCUT2D eigenvalue weighted by Gasteiger charge is -2.62. The van der Waals surface area contributed by atoms with Crippen LogP contribution < -0.4 is 0 Å². The number of allylic oxidation sites excluding steroid dienone is 3. The summed E-state index contributed by atoms with van der Waals surface area (Å²) in [6, 6.07) is 20.2. The fourth-order valence-corrected chi connectivity index (χ4v) is 8.73. The zero-order valence-corrected chi connectivity index (χ0v) is 26.3. The van der Waals surface area contributed by atoms with Gasteiger partial charge in [-0.2, -0.15) is 0 Å². The molecule has 0 aromatic heterocycles. The number of carbonyl (C=O) groups is 2. The summed E-state index contributed by atoms with van der Waals surface area (Å²) in [5, 5.41) is 0. The second-order valence-electron chi connectivity index (χ2n) is 13.9. The highest BCUT2D eigenvalue weighted by Gasteiger charge is 2.84. The first-order valence-electron chi connectivity index (χ1n) is 16.0. The smallest absolute Gasteiger partial charge is 0.347 e. The first-order valence-corrected chi connectivity index (χ1v) is 16.0. The molecule has 8 atom stereocenters. The van der Waals surface area contributed by atoms with E-state index in [0.29, 0.717) is 31.5 Å². The average Bonchev–Trinajstić information content (AvgIpc) is 3.38. The summed E-state index contributed by atoms with van der Waals surface area (Å²) in [6.07, 6.45) is 8.24. The van der Waals surface area contributed by atoms with Gasteiger partial charge < -0.3 is 14.2 Å². The van der Waals surface area contributed by atoms with Crippen molar-refractivity contribution in [2.75, 3.05) is 13.2 Å². The topological polar surface area (TPSA) is 61.8 Å². The van der Waals surface area contributed by atoms with Crippen molar-refractivity contribution in [3.8, 4) is 0 Å². The molecule has 0 N–H and O–H groups in total. The van der Waals surface area contributed by atoms with Crippen molar-refractivity contribution in [3.05, 3.63) is 95.1 Å². The lowest BCUT2D eigenvalue weighted by Crippen LogP contribution is -2.64. The Hall–Kier alpha value is -3.02. The van der Waals surface area contributed by atoms with Crippen LogP contribution in [0.3, 0.4) is 0 Å². The molecule has 0 radical (unpaired) electrons. The van der Waals surface area contributed by atoms with Crippen LogP contribution >= 0.6 is 0 Å². The molecule has 1 spiro atoms. The van der Waals surface area contributed by atoms with E-state index >= 15 is 0 Å². The number of ether oxygens (including phenoxy) is 3. The van der Waals surface area contributed by atoms with Crippen LogP contribution in [-0.2, 0) is 36.0 Å². The van der Waals surface area contributed by atoms with Crippen LogP contribution in [0.25, 0.3) is 0 Å². The van der Waals surface area contributed by atoms with Gasteiger partial charge in [0.15, 0.2) is 5.78 Å². The van der Waals surface area contributed by atoms with E-state index in [9.17, 15) is 9.59 Å². The first kappa shape index (κ1) is 30.0. The van der Waals surface area contributed by atoms with Crippen LogP contribution in [0.15, 0.2) is 84.0 Å². The van der Waals surface area contributed by atoms with Crippen molar-refractivity contribution in [2.24, 2.45) is 35.0 Å². The number of hydrogen-bond donors (Lipinski definition) is 0. The largest absolute Gasteiger partial charge is 0.462 e. The van der Waals surface area contributed by atoms with Crippen molar-refractivity contribution in [2.45, 2.75) is 78.1 Å². The fourth-order valence-electron chi connectivity index (χ4n) is 8.73. The van der Waals surface area contributed by atoms with Crippen molar-refractivity contribution in [1.29, 1.82) is 0 Å². The molecule has 2 aliphatic heterocycles. The summed E-state index contributed by atoms with van der Waals surface area (Å²) < 4.78 is 19.0. The standard InChI is InChI=1S/C38H46O5/c1-25(2)13-12-14-26(3)30-20-19-27(4)32-31(30)33-34(39)38(43-37(32,33)29-17-10-7-11-18-29)35(40)42-24-36(38,5)21-22-41-23-28-15-8-6-9-16-28/h6-11,13,15-19,26,30-33H,12,14,20-24H2,1-5H3/t26-,30?,31+,32-,33?,36+,37+,38+/m1/s1. The summed E-state index contributed by atoms with van der Waals surface area (Å²) in [6.45, 7) is 11.8. The Kier molecular flexibility index (Phi) is 8.02. The van der Waals surface area contributed by atoms with Gasteiger partial charge in [0, 0.05) is 12.5 Å². The van der Waals surface area contributed by atoms with E-state index in [1.807, 2.05) is 55.5 Å². The molecular formula is C38H46O5. The fraction of sp³-hybridized carbons (Fsp3) is 0.526. The second-order valence-corrected chi connectivity index (χ2v) is 13.9. The number of esters is 1. The molecule has 2 saturated heterocycles. The maximum Gasteiger partial charge on any atom is 0.347 e. The lowest BCUT2D eigenvalue weighted by atomic mass is 9.42. The lowest BCUT2D eigenvalue weighted by molar-refractivity contribution is -0.238. The SMILES string of the molecule is CC(C)=CCC[C@@H](C)C1CC=C(C)[C@@H]2[C@H]1C1C(=O)[C@]3(O[C@]12c1ccccc1)C(=O)OC[C@]3(C)CCOCc1ccccc1. The highest BCUT2D eigenvalue weighted by atomic mass is 16.6. The molecule has 2 heterocycles. The normalized spacial score (nSPS) is 35.0. The van der Waals surface area contributed by atoms with Gasteiger partial charge in [0.05, 0.1) is 17.9 Å². The molecule has 5 nitrogen and oxygen atoms in total. The number of Topliss-reactive ketones (excluding diaryl/α,β-unsaturated/α-hetero) is 1. The van der Waals surface area contributed by atoms with Crippen LogP contribution in [0.5, 0.6) is 0 Å². The minimum absolute atomic E-state index is 0.0415. The Morgan fingerprint density at radius 3 is 2.44 bits per heavy atom. The third-order valence-corrected chi connectivity index (χ3v) is 11.0. The van der Waals surface area contributed by atoms with E-state index in [-0.39, 0.29) is 24.2 Å². The highest BCUT2D eigenvalue weighted by molar-refractivity contribution is 6.13. The Labute approximate surface area is 256 Å². The molecule has 6 rings (SSSR count). The second kappa shape index (κ2) is 11.5. The molecule has 3 fully saturated rings. The van der Waals surface area contributed by atoms with Gasteiger partial charge in [-0.3, -0.25) is 4.79 Å². The Morgan fingerprint density at radius 1 is 1.05 bits per heavy atom. The first-order chi connectivity index (χ1) is 20.7. The third-order valence-electron chi connectivity index (χ3n) is 11.0. The van der Waals surface area contributed by atoms with Crippen LogP contribution in [0.2, 0.25) is 0 Å². The number of rotatable bonds is 10. The number of ketones is 1. The van der Waals surface area contributed by atoms with Gasteiger partial charge >= 0.3 is 5.97 Å². The number of benzene rings is 2. The van der Waals surface area contributed by atoms with Gasteiger partial charge in [0.2, 0.25) is 5.60 Å². The van der Waals surface area contributed by atoms with E-state index in [2.05, 4.69) is 52.0 Å². The molecule has 4 aliphatic rings. The summed E-state index contributed by atoms with van der Waals surface area (Å²) in [5.41, 5.74) is 1.33. The van der Waals surface area contributed by atoms with Gasteiger partial charge in [-0.15, -0.1) is 0 Å². The van der Waals surface area contributed by atoms with Gasteiger partial charge in [0.1, 0.15) is 12.2 Å². The predicted molar refractivity (Wildman–Crippen MR) is 167 cm³/mol. The zero-order chi connectivity index (χ0) is 30.4. The molecule has 1 saturated carbocycles. The van der Waals surface area contributed by atoms with Crippen LogP contribution in [0, 0.1) is 35.0 Å². The van der Waals surface area contributed by atoms with E-state index < -0.39 is 28.5 Å². The molecule has 2 aromatic rings. The molecule has 0 bridgehead atoms. The third kappa shape index (κ3) is 4.66. The van der Waals surface area contributed by atoms with Gasteiger partial charge in [-0.25, -0.2) is 4.79 Å². The molecule has 228 valence electrons. The predicted octanol–water partition coefficient (Wildman–Crippen LogP) is 7.60. The summed E-state index contributed by atoms with van der Waals surface area (Å²) in [5.74, 6) is -0.0398. The van der Waals surface area contributed by atoms with Gasteiger partial charge in [-0.05, 0) is 75.3 Å². The van der Waals surface area contributed by atoms with Crippen LogP contribution in [0.1, 0.15) is 71.4 Å². The quantitative estimate of drug-likeness (QED) is 0.125. The zero-order valence-electron chi connectivity index (χ0n) is 26.3. The van der Waals surface area contributed by atoms with Gasteiger partial charge in [0.25, 0.3) is 0 Å². The molecule has 2 aliphatic carbocycles. The monoisotopic (exact) mass is 582 g/mol. The van der Waals surface area contributed by atoms with Crippen LogP contribution in [0.4, 0.5) is 0 Å². The minimum atomic E-state index is -1.64.